The summed E-state index contributed by atoms with van der Waals surface area (Å²) in [6.45, 7) is 4.31. The minimum Gasteiger partial charge on any atom is -0.379 e. The minimum atomic E-state index is -0.460. The molecule has 2 fully saturated rings. The largest absolute Gasteiger partial charge is 0.379 e. The second-order valence-electron chi connectivity index (χ2n) is 5.32. The Hall–Kier alpha value is -1.30. The van der Waals surface area contributed by atoms with Gasteiger partial charge in [-0.1, -0.05) is 0 Å². The van der Waals surface area contributed by atoms with Crippen LogP contribution in [-0.4, -0.2) is 56.2 Å². The Kier molecular flexibility index (Phi) is 3.75. The molecule has 2 rings (SSSR count). The molecule has 18 heavy (non-hydrogen) atoms. The highest BCUT2D eigenvalue weighted by Gasteiger charge is 2.41. The van der Waals surface area contributed by atoms with Crippen molar-refractivity contribution in [1.29, 1.82) is 0 Å². The third-order valence-corrected chi connectivity index (χ3v) is 3.79. The molecule has 0 radical (unpaired) electrons. The van der Waals surface area contributed by atoms with Crippen molar-refractivity contribution in [3.8, 4) is 0 Å². The predicted octanol–water partition coefficient (Wildman–Crippen LogP) is -0.0571. The SMILES string of the molecule is CNC(=O)C1(C)CCN(C(=O)NC2CCOC2)C1. The van der Waals surface area contributed by atoms with Crippen molar-refractivity contribution in [3.05, 3.63) is 0 Å². The van der Waals surface area contributed by atoms with E-state index in [-0.39, 0.29) is 18.0 Å². The molecular weight excluding hydrogens is 234 g/mol. The van der Waals surface area contributed by atoms with E-state index in [2.05, 4.69) is 10.6 Å². The van der Waals surface area contributed by atoms with E-state index in [1.54, 1.807) is 11.9 Å². The maximum absolute atomic E-state index is 12.0. The second kappa shape index (κ2) is 5.14. The zero-order chi connectivity index (χ0) is 13.2. The molecule has 0 bridgehead atoms. The molecule has 6 nitrogen and oxygen atoms in total. The summed E-state index contributed by atoms with van der Waals surface area (Å²) in [5.74, 6) is 0.00185. The third-order valence-electron chi connectivity index (χ3n) is 3.79. The van der Waals surface area contributed by atoms with Gasteiger partial charge in [-0.25, -0.2) is 4.79 Å². The van der Waals surface area contributed by atoms with E-state index >= 15 is 0 Å². The number of carbonyl (C=O) groups excluding carboxylic acids is 2. The number of rotatable bonds is 2. The van der Waals surface area contributed by atoms with Gasteiger partial charge in [-0.3, -0.25) is 4.79 Å². The minimum absolute atomic E-state index is 0.00185. The summed E-state index contributed by atoms with van der Waals surface area (Å²) in [7, 11) is 1.63. The van der Waals surface area contributed by atoms with Gasteiger partial charge in [-0.15, -0.1) is 0 Å². The number of amides is 3. The van der Waals surface area contributed by atoms with Crippen LogP contribution in [0.15, 0.2) is 0 Å². The van der Waals surface area contributed by atoms with E-state index in [1.807, 2.05) is 6.92 Å². The average molecular weight is 255 g/mol. The van der Waals surface area contributed by atoms with Gasteiger partial charge in [0.2, 0.25) is 5.91 Å². The van der Waals surface area contributed by atoms with E-state index < -0.39 is 5.41 Å². The van der Waals surface area contributed by atoms with E-state index in [4.69, 9.17) is 4.74 Å². The number of hydrogen-bond donors (Lipinski definition) is 2. The Morgan fingerprint density at radius 2 is 2.22 bits per heavy atom. The van der Waals surface area contributed by atoms with E-state index in [9.17, 15) is 9.59 Å². The highest BCUT2D eigenvalue weighted by Crippen LogP contribution is 2.30. The molecule has 0 aliphatic carbocycles. The first-order valence-electron chi connectivity index (χ1n) is 6.40. The lowest BCUT2D eigenvalue weighted by molar-refractivity contribution is -0.128. The number of carbonyl (C=O) groups is 2. The lowest BCUT2D eigenvalue weighted by Crippen LogP contribution is -2.46. The number of ether oxygens (including phenoxy) is 1. The molecule has 0 aromatic carbocycles. The molecule has 0 saturated carbocycles. The van der Waals surface area contributed by atoms with Crippen LogP contribution in [0, 0.1) is 5.41 Å². The Bertz CT molecular complexity index is 341. The molecule has 2 aliphatic rings. The molecule has 102 valence electrons. The molecule has 2 atom stereocenters. The molecule has 0 aromatic rings. The summed E-state index contributed by atoms with van der Waals surface area (Å²) in [4.78, 5) is 25.5. The van der Waals surface area contributed by atoms with Crippen LogP contribution in [0.25, 0.3) is 0 Å². The molecule has 2 aliphatic heterocycles. The highest BCUT2D eigenvalue weighted by molar-refractivity contribution is 5.84. The molecule has 2 heterocycles. The van der Waals surface area contributed by atoms with Crippen LogP contribution < -0.4 is 10.6 Å². The Labute approximate surface area is 107 Å². The summed E-state index contributed by atoms with van der Waals surface area (Å²) in [6, 6.07) is 0.0301. The lowest BCUT2D eigenvalue weighted by Gasteiger charge is -2.23. The van der Waals surface area contributed by atoms with Gasteiger partial charge in [-0.05, 0) is 19.8 Å². The molecule has 6 heteroatoms. The first-order chi connectivity index (χ1) is 8.55. The van der Waals surface area contributed by atoms with Crippen LogP contribution in [0.5, 0.6) is 0 Å². The standard InChI is InChI=1S/C12H21N3O3/c1-12(10(16)13-2)4-5-15(8-12)11(17)14-9-3-6-18-7-9/h9H,3-8H2,1-2H3,(H,13,16)(H,14,17). The lowest BCUT2D eigenvalue weighted by atomic mass is 9.89. The average Bonchev–Trinajstić information content (AvgIpc) is 2.98. The van der Waals surface area contributed by atoms with Gasteiger partial charge in [0.05, 0.1) is 18.1 Å². The maximum Gasteiger partial charge on any atom is 0.317 e. The second-order valence-corrected chi connectivity index (χ2v) is 5.32. The zero-order valence-electron chi connectivity index (χ0n) is 11.0. The van der Waals surface area contributed by atoms with Crippen LogP contribution in [0.4, 0.5) is 4.79 Å². The predicted molar refractivity (Wildman–Crippen MR) is 66.1 cm³/mol. The fraction of sp³-hybridized carbons (Fsp3) is 0.833. The molecule has 2 N–H and O–H groups in total. The van der Waals surface area contributed by atoms with Gasteiger partial charge in [0, 0.05) is 26.7 Å². The van der Waals surface area contributed by atoms with Gasteiger partial charge in [0.25, 0.3) is 0 Å². The number of nitrogens with one attached hydrogen (secondary N) is 2. The van der Waals surface area contributed by atoms with Gasteiger partial charge >= 0.3 is 6.03 Å². The maximum atomic E-state index is 12.0. The summed E-state index contributed by atoms with van der Waals surface area (Å²) in [5.41, 5.74) is -0.460. The number of nitrogens with zero attached hydrogens (tertiary/aromatic N) is 1. The Morgan fingerprint density at radius 3 is 2.83 bits per heavy atom. The highest BCUT2D eigenvalue weighted by atomic mass is 16.5. The number of urea groups is 1. The van der Waals surface area contributed by atoms with Gasteiger partial charge in [-0.2, -0.15) is 0 Å². The van der Waals surface area contributed by atoms with Crippen molar-refractivity contribution in [3.63, 3.8) is 0 Å². The van der Waals surface area contributed by atoms with Crippen molar-refractivity contribution in [2.45, 2.75) is 25.8 Å². The van der Waals surface area contributed by atoms with Crippen molar-refractivity contribution in [2.75, 3.05) is 33.4 Å². The fourth-order valence-corrected chi connectivity index (χ4v) is 2.54. The molecular formula is C12H21N3O3. The summed E-state index contributed by atoms with van der Waals surface area (Å²) in [5, 5.41) is 5.61. The number of likely N-dealkylation sites (tertiary alicyclic amines) is 1. The van der Waals surface area contributed by atoms with Gasteiger partial charge in [0.1, 0.15) is 0 Å². The van der Waals surface area contributed by atoms with E-state index in [0.717, 1.165) is 6.42 Å². The first kappa shape index (κ1) is 13.1. The Balaban J connectivity index is 1.87. The normalized spacial score (nSPS) is 31.4. The van der Waals surface area contributed by atoms with Gasteiger partial charge in [0.15, 0.2) is 0 Å². The topological polar surface area (TPSA) is 70.7 Å². The van der Waals surface area contributed by atoms with Crippen LogP contribution in [0.3, 0.4) is 0 Å². The van der Waals surface area contributed by atoms with Gasteiger partial charge < -0.3 is 20.3 Å². The third kappa shape index (κ3) is 2.58. The van der Waals surface area contributed by atoms with Crippen molar-refractivity contribution in [1.82, 2.24) is 15.5 Å². The van der Waals surface area contributed by atoms with Crippen LogP contribution in [0.2, 0.25) is 0 Å². The van der Waals surface area contributed by atoms with Crippen molar-refractivity contribution >= 4 is 11.9 Å². The monoisotopic (exact) mass is 255 g/mol. The van der Waals surface area contributed by atoms with Crippen molar-refractivity contribution < 1.29 is 14.3 Å². The first-order valence-corrected chi connectivity index (χ1v) is 6.40. The van der Waals surface area contributed by atoms with Crippen molar-refractivity contribution in [2.24, 2.45) is 5.41 Å². The molecule has 2 unspecified atom stereocenters. The number of hydrogen-bond acceptors (Lipinski definition) is 3. The summed E-state index contributed by atoms with van der Waals surface area (Å²) >= 11 is 0. The van der Waals surface area contributed by atoms with E-state index in [0.29, 0.717) is 32.7 Å². The Morgan fingerprint density at radius 1 is 1.44 bits per heavy atom. The quantitative estimate of drug-likeness (QED) is 0.726. The molecule has 0 aromatic heterocycles. The fourth-order valence-electron chi connectivity index (χ4n) is 2.54. The van der Waals surface area contributed by atoms with E-state index in [1.165, 1.54) is 0 Å². The smallest absolute Gasteiger partial charge is 0.317 e. The molecule has 3 amide bonds. The van der Waals surface area contributed by atoms with Crippen LogP contribution in [0.1, 0.15) is 19.8 Å². The zero-order valence-corrected chi connectivity index (χ0v) is 11.0. The molecule has 2 saturated heterocycles. The van der Waals surface area contributed by atoms with Crippen LogP contribution >= 0.6 is 0 Å². The van der Waals surface area contributed by atoms with Crippen LogP contribution in [-0.2, 0) is 9.53 Å². The summed E-state index contributed by atoms with van der Waals surface area (Å²) < 4.78 is 5.22. The summed E-state index contributed by atoms with van der Waals surface area (Å²) in [6.07, 6.45) is 1.58. The molecule has 0 spiro atoms.